The Balaban J connectivity index is 1.62. The van der Waals surface area contributed by atoms with Gasteiger partial charge in [0.2, 0.25) is 0 Å². The van der Waals surface area contributed by atoms with E-state index >= 15 is 0 Å². The second kappa shape index (κ2) is 6.44. The molecule has 0 saturated heterocycles. The van der Waals surface area contributed by atoms with Crippen LogP contribution in [0.3, 0.4) is 0 Å². The maximum atomic E-state index is 11.5. The number of anilines is 2. The van der Waals surface area contributed by atoms with Crippen molar-refractivity contribution in [3.8, 4) is 0 Å². The van der Waals surface area contributed by atoms with Crippen molar-refractivity contribution >= 4 is 17.4 Å². The van der Waals surface area contributed by atoms with Crippen LogP contribution in [0.4, 0.5) is 11.5 Å². The predicted molar refractivity (Wildman–Crippen MR) is 72.8 cm³/mol. The quantitative estimate of drug-likeness (QED) is 0.684. The van der Waals surface area contributed by atoms with Crippen LogP contribution in [0.15, 0.2) is 41.1 Å². The van der Waals surface area contributed by atoms with Gasteiger partial charge in [0.15, 0.2) is 5.76 Å². The Bertz CT molecular complexity index is 508. The Morgan fingerprint density at radius 3 is 2.89 bits per heavy atom. The Morgan fingerprint density at radius 2 is 2.21 bits per heavy atom. The molecule has 0 aliphatic carbocycles. The summed E-state index contributed by atoms with van der Waals surface area (Å²) in [5.41, 5.74) is 6.17. The van der Waals surface area contributed by atoms with E-state index < -0.39 is 0 Å². The summed E-state index contributed by atoms with van der Waals surface area (Å²) in [6, 6.07) is 6.92. The molecule has 6 heteroatoms. The van der Waals surface area contributed by atoms with Gasteiger partial charge in [-0.2, -0.15) is 0 Å². The molecule has 2 aromatic heterocycles. The van der Waals surface area contributed by atoms with Gasteiger partial charge in [0.25, 0.3) is 5.91 Å². The molecule has 0 atom stereocenters. The van der Waals surface area contributed by atoms with E-state index in [1.165, 1.54) is 6.26 Å². The fourth-order valence-electron chi connectivity index (χ4n) is 1.51. The molecule has 0 aliphatic heterocycles. The lowest BCUT2D eigenvalue weighted by Gasteiger charge is -2.06. The van der Waals surface area contributed by atoms with Crippen molar-refractivity contribution in [3.63, 3.8) is 0 Å². The Kier molecular flexibility index (Phi) is 4.39. The second-order valence-electron chi connectivity index (χ2n) is 3.99. The van der Waals surface area contributed by atoms with E-state index in [-0.39, 0.29) is 5.91 Å². The van der Waals surface area contributed by atoms with Crippen LogP contribution < -0.4 is 16.4 Å². The first kappa shape index (κ1) is 12.9. The maximum Gasteiger partial charge on any atom is 0.286 e. The van der Waals surface area contributed by atoms with Gasteiger partial charge in [0, 0.05) is 13.1 Å². The summed E-state index contributed by atoms with van der Waals surface area (Å²) in [5, 5.41) is 5.91. The molecular formula is C13H16N4O2. The minimum absolute atomic E-state index is 0.199. The Hall–Kier alpha value is -2.50. The zero-order valence-corrected chi connectivity index (χ0v) is 10.4. The van der Waals surface area contributed by atoms with Crippen LogP contribution in [0.2, 0.25) is 0 Å². The summed E-state index contributed by atoms with van der Waals surface area (Å²) in [5.74, 6) is 0.898. The summed E-state index contributed by atoms with van der Waals surface area (Å²) in [6.07, 6.45) is 3.86. The van der Waals surface area contributed by atoms with Crippen molar-refractivity contribution in [2.45, 2.75) is 6.42 Å². The first-order valence-electron chi connectivity index (χ1n) is 6.03. The highest BCUT2D eigenvalue weighted by molar-refractivity contribution is 5.91. The molecule has 0 fully saturated rings. The van der Waals surface area contributed by atoms with Crippen molar-refractivity contribution in [3.05, 3.63) is 42.5 Å². The highest BCUT2D eigenvalue weighted by Crippen LogP contribution is 2.05. The number of furan rings is 1. The van der Waals surface area contributed by atoms with E-state index in [1.54, 1.807) is 24.4 Å². The van der Waals surface area contributed by atoms with Crippen molar-refractivity contribution in [1.29, 1.82) is 0 Å². The summed E-state index contributed by atoms with van der Waals surface area (Å²) in [7, 11) is 0. The lowest BCUT2D eigenvalue weighted by Crippen LogP contribution is -2.25. The number of pyridine rings is 1. The summed E-state index contributed by atoms with van der Waals surface area (Å²) < 4.78 is 4.98. The van der Waals surface area contributed by atoms with Crippen molar-refractivity contribution < 1.29 is 9.21 Å². The van der Waals surface area contributed by atoms with Gasteiger partial charge in [0.05, 0.1) is 18.1 Å². The molecule has 2 heterocycles. The number of nitrogens with one attached hydrogen (secondary N) is 2. The average Bonchev–Trinajstić information content (AvgIpc) is 2.94. The molecule has 0 radical (unpaired) electrons. The van der Waals surface area contributed by atoms with Gasteiger partial charge in [-0.05, 0) is 30.7 Å². The van der Waals surface area contributed by atoms with E-state index in [0.717, 1.165) is 18.8 Å². The molecule has 0 aromatic carbocycles. The fraction of sp³-hybridized carbons (Fsp3) is 0.231. The number of carbonyl (C=O) groups is 1. The van der Waals surface area contributed by atoms with E-state index in [1.807, 2.05) is 6.07 Å². The van der Waals surface area contributed by atoms with Crippen LogP contribution in [0.1, 0.15) is 17.0 Å². The van der Waals surface area contributed by atoms with Crippen LogP contribution in [0.5, 0.6) is 0 Å². The second-order valence-corrected chi connectivity index (χ2v) is 3.99. The summed E-state index contributed by atoms with van der Waals surface area (Å²) in [4.78, 5) is 15.6. The maximum absolute atomic E-state index is 11.5. The number of nitrogen functional groups attached to an aromatic ring is 1. The molecule has 0 spiro atoms. The first-order valence-corrected chi connectivity index (χ1v) is 6.03. The van der Waals surface area contributed by atoms with E-state index in [9.17, 15) is 4.79 Å². The fourth-order valence-corrected chi connectivity index (χ4v) is 1.51. The molecule has 4 N–H and O–H groups in total. The molecule has 0 bridgehead atoms. The molecule has 2 rings (SSSR count). The van der Waals surface area contributed by atoms with Gasteiger partial charge in [-0.3, -0.25) is 4.79 Å². The number of carbonyl (C=O) groups excluding carboxylic acids is 1. The van der Waals surface area contributed by atoms with E-state index in [0.29, 0.717) is 18.0 Å². The minimum atomic E-state index is -0.199. The van der Waals surface area contributed by atoms with Gasteiger partial charge >= 0.3 is 0 Å². The normalized spacial score (nSPS) is 10.1. The zero-order chi connectivity index (χ0) is 13.5. The number of amides is 1. The number of nitrogens with zero attached hydrogens (tertiary/aromatic N) is 1. The molecule has 0 unspecified atom stereocenters. The number of nitrogens with two attached hydrogens (primary N) is 1. The monoisotopic (exact) mass is 260 g/mol. The van der Waals surface area contributed by atoms with Gasteiger partial charge in [-0.1, -0.05) is 0 Å². The molecule has 0 saturated carbocycles. The van der Waals surface area contributed by atoms with E-state index in [2.05, 4.69) is 15.6 Å². The van der Waals surface area contributed by atoms with E-state index in [4.69, 9.17) is 10.2 Å². The average molecular weight is 260 g/mol. The topological polar surface area (TPSA) is 93.2 Å². The lowest BCUT2D eigenvalue weighted by atomic mass is 10.3. The minimum Gasteiger partial charge on any atom is -0.459 e. The summed E-state index contributed by atoms with van der Waals surface area (Å²) in [6.45, 7) is 1.29. The van der Waals surface area contributed by atoms with Crippen LogP contribution >= 0.6 is 0 Å². The number of hydrogen-bond acceptors (Lipinski definition) is 5. The third-order valence-electron chi connectivity index (χ3n) is 2.48. The largest absolute Gasteiger partial charge is 0.459 e. The predicted octanol–water partition coefficient (Wildman–Crippen LogP) is 1.49. The van der Waals surface area contributed by atoms with Crippen molar-refractivity contribution in [1.82, 2.24) is 10.3 Å². The van der Waals surface area contributed by atoms with Gasteiger partial charge < -0.3 is 20.8 Å². The third-order valence-corrected chi connectivity index (χ3v) is 2.48. The molecular weight excluding hydrogens is 244 g/mol. The van der Waals surface area contributed by atoms with Gasteiger partial charge in [0.1, 0.15) is 5.82 Å². The smallest absolute Gasteiger partial charge is 0.286 e. The third kappa shape index (κ3) is 4.02. The Labute approximate surface area is 111 Å². The molecule has 6 nitrogen and oxygen atoms in total. The molecule has 2 aromatic rings. The lowest BCUT2D eigenvalue weighted by molar-refractivity contribution is 0.0926. The highest BCUT2D eigenvalue weighted by Gasteiger charge is 2.06. The van der Waals surface area contributed by atoms with Crippen molar-refractivity contribution in [2.75, 3.05) is 24.1 Å². The van der Waals surface area contributed by atoms with Crippen LogP contribution in [0.25, 0.3) is 0 Å². The zero-order valence-electron chi connectivity index (χ0n) is 10.4. The van der Waals surface area contributed by atoms with Crippen LogP contribution in [-0.2, 0) is 0 Å². The number of hydrogen-bond donors (Lipinski definition) is 3. The van der Waals surface area contributed by atoms with Gasteiger partial charge in [-0.25, -0.2) is 4.98 Å². The SMILES string of the molecule is Nc1ccc(NCCCNC(=O)c2ccco2)nc1. The highest BCUT2D eigenvalue weighted by atomic mass is 16.3. The first-order chi connectivity index (χ1) is 9.25. The molecule has 19 heavy (non-hydrogen) atoms. The summed E-state index contributed by atoms with van der Waals surface area (Å²) >= 11 is 0. The van der Waals surface area contributed by atoms with Gasteiger partial charge in [-0.15, -0.1) is 0 Å². The van der Waals surface area contributed by atoms with Crippen molar-refractivity contribution in [2.24, 2.45) is 0 Å². The van der Waals surface area contributed by atoms with Crippen LogP contribution in [0, 0.1) is 0 Å². The molecule has 0 aliphatic rings. The Morgan fingerprint density at radius 1 is 1.32 bits per heavy atom. The molecule has 1 amide bonds. The van der Waals surface area contributed by atoms with Crippen LogP contribution in [-0.4, -0.2) is 24.0 Å². The standard InChI is InChI=1S/C13H16N4O2/c14-10-4-5-12(17-9-10)15-6-2-7-16-13(18)11-3-1-8-19-11/h1,3-5,8-9H,2,6-7,14H2,(H,15,17)(H,16,18). The number of rotatable bonds is 6. The number of aromatic nitrogens is 1. The molecule has 100 valence electrons.